The highest BCUT2D eigenvalue weighted by Gasteiger charge is 2.10. The van der Waals surface area contributed by atoms with Crippen LogP contribution >= 0.6 is 0 Å². The molecule has 0 bridgehead atoms. The number of hydrogen-bond donors (Lipinski definition) is 4. The molecule has 0 aliphatic heterocycles. The van der Waals surface area contributed by atoms with Crippen LogP contribution in [0.4, 0.5) is 0 Å². The number of hydrogen-bond acceptors (Lipinski definition) is 4. The van der Waals surface area contributed by atoms with E-state index in [1.165, 1.54) is 12.1 Å². The molecule has 1 heterocycles. The van der Waals surface area contributed by atoms with E-state index in [1.54, 1.807) is 18.6 Å². The number of nitrogens with zero attached hydrogens (tertiary/aromatic N) is 1. The molecule has 5 nitrogen and oxygen atoms in total. The Kier molecular flexibility index (Phi) is 3.30. The standard InChI is InChI=1S/C12H15N3O2/c1-8(14-6-9-5-13-7-15-9)11-4-10(16)2-3-12(11)17/h2-5,7-8,14,16-17H,6H2,1H3,(H,13,15). The van der Waals surface area contributed by atoms with E-state index < -0.39 is 0 Å². The molecule has 1 aromatic heterocycles. The van der Waals surface area contributed by atoms with Gasteiger partial charge in [0.1, 0.15) is 11.5 Å². The summed E-state index contributed by atoms with van der Waals surface area (Å²) in [5, 5.41) is 22.3. The van der Waals surface area contributed by atoms with Crippen LogP contribution in [0.1, 0.15) is 24.2 Å². The van der Waals surface area contributed by atoms with Gasteiger partial charge in [0.05, 0.1) is 6.33 Å². The Balaban J connectivity index is 2.04. The second kappa shape index (κ2) is 4.88. The summed E-state index contributed by atoms with van der Waals surface area (Å²) >= 11 is 0. The van der Waals surface area contributed by atoms with Crippen molar-refractivity contribution in [2.75, 3.05) is 0 Å². The van der Waals surface area contributed by atoms with Crippen molar-refractivity contribution in [1.29, 1.82) is 0 Å². The average molecular weight is 233 g/mol. The maximum atomic E-state index is 9.69. The number of nitrogens with one attached hydrogen (secondary N) is 2. The van der Waals surface area contributed by atoms with Crippen LogP contribution in [-0.2, 0) is 6.54 Å². The molecule has 0 fully saturated rings. The fourth-order valence-corrected chi connectivity index (χ4v) is 1.64. The summed E-state index contributed by atoms with van der Waals surface area (Å²) in [6, 6.07) is 4.44. The van der Waals surface area contributed by atoms with Gasteiger partial charge in [-0.1, -0.05) is 0 Å². The number of H-pyrrole nitrogens is 1. The molecule has 0 amide bonds. The van der Waals surface area contributed by atoms with Crippen LogP contribution in [0.5, 0.6) is 11.5 Å². The fourth-order valence-electron chi connectivity index (χ4n) is 1.64. The lowest BCUT2D eigenvalue weighted by molar-refractivity contribution is 0.440. The second-order valence-electron chi connectivity index (χ2n) is 3.92. The topological polar surface area (TPSA) is 81.2 Å². The van der Waals surface area contributed by atoms with Gasteiger partial charge in [0, 0.05) is 30.0 Å². The van der Waals surface area contributed by atoms with E-state index in [0.29, 0.717) is 12.1 Å². The molecule has 0 aliphatic rings. The van der Waals surface area contributed by atoms with Crippen LogP contribution in [0.3, 0.4) is 0 Å². The van der Waals surface area contributed by atoms with Crippen molar-refractivity contribution in [3.63, 3.8) is 0 Å². The van der Waals surface area contributed by atoms with Crippen LogP contribution < -0.4 is 5.32 Å². The first-order valence-corrected chi connectivity index (χ1v) is 5.39. The Morgan fingerprint density at radius 2 is 2.24 bits per heavy atom. The Labute approximate surface area is 99.2 Å². The van der Waals surface area contributed by atoms with Crippen LogP contribution in [0.2, 0.25) is 0 Å². The molecule has 0 spiro atoms. The molecule has 17 heavy (non-hydrogen) atoms. The monoisotopic (exact) mass is 233 g/mol. The summed E-state index contributed by atoms with van der Waals surface area (Å²) in [7, 11) is 0. The summed E-state index contributed by atoms with van der Waals surface area (Å²) < 4.78 is 0. The van der Waals surface area contributed by atoms with Crippen molar-refractivity contribution in [3.8, 4) is 11.5 Å². The first-order chi connectivity index (χ1) is 8.16. The van der Waals surface area contributed by atoms with E-state index >= 15 is 0 Å². The van der Waals surface area contributed by atoms with Crippen LogP contribution in [0.15, 0.2) is 30.7 Å². The highest BCUT2D eigenvalue weighted by Crippen LogP contribution is 2.27. The highest BCUT2D eigenvalue weighted by atomic mass is 16.3. The highest BCUT2D eigenvalue weighted by molar-refractivity contribution is 5.40. The number of benzene rings is 1. The number of aromatic amines is 1. The minimum atomic E-state index is -0.0644. The summed E-state index contributed by atoms with van der Waals surface area (Å²) in [6.45, 7) is 2.54. The normalized spacial score (nSPS) is 12.5. The number of phenols is 2. The maximum Gasteiger partial charge on any atom is 0.120 e. The first-order valence-electron chi connectivity index (χ1n) is 5.39. The zero-order chi connectivity index (χ0) is 12.3. The lowest BCUT2D eigenvalue weighted by atomic mass is 10.1. The minimum absolute atomic E-state index is 0.0644. The second-order valence-corrected chi connectivity index (χ2v) is 3.92. The molecule has 4 N–H and O–H groups in total. The predicted molar refractivity (Wildman–Crippen MR) is 63.6 cm³/mol. The Hall–Kier alpha value is -2.01. The molecular formula is C12H15N3O2. The lowest BCUT2D eigenvalue weighted by Gasteiger charge is -2.15. The van der Waals surface area contributed by atoms with Crippen molar-refractivity contribution >= 4 is 0 Å². The fraction of sp³-hybridized carbons (Fsp3) is 0.250. The van der Waals surface area contributed by atoms with E-state index in [1.807, 2.05) is 6.92 Å². The van der Waals surface area contributed by atoms with Crippen molar-refractivity contribution in [3.05, 3.63) is 42.0 Å². The molecule has 1 unspecified atom stereocenters. The van der Waals surface area contributed by atoms with E-state index in [4.69, 9.17) is 0 Å². The van der Waals surface area contributed by atoms with Gasteiger partial charge in [0.2, 0.25) is 0 Å². The van der Waals surface area contributed by atoms with Gasteiger partial charge in [-0.2, -0.15) is 0 Å². The van der Waals surface area contributed by atoms with Gasteiger partial charge in [0.25, 0.3) is 0 Å². The van der Waals surface area contributed by atoms with E-state index in [0.717, 1.165) is 5.69 Å². The first kappa shape index (κ1) is 11.5. The number of aromatic nitrogens is 2. The number of aromatic hydroxyl groups is 2. The molecule has 5 heteroatoms. The van der Waals surface area contributed by atoms with Crippen molar-refractivity contribution in [1.82, 2.24) is 15.3 Å². The van der Waals surface area contributed by atoms with Gasteiger partial charge in [-0.3, -0.25) is 0 Å². The molecule has 90 valence electrons. The van der Waals surface area contributed by atoms with Crippen LogP contribution in [0, 0.1) is 0 Å². The summed E-state index contributed by atoms with van der Waals surface area (Å²) in [5.41, 5.74) is 1.64. The molecule has 0 saturated heterocycles. The van der Waals surface area contributed by atoms with Crippen LogP contribution in [0.25, 0.3) is 0 Å². The molecule has 0 radical (unpaired) electrons. The Morgan fingerprint density at radius 1 is 1.41 bits per heavy atom. The third kappa shape index (κ3) is 2.76. The lowest BCUT2D eigenvalue weighted by Crippen LogP contribution is -2.18. The van der Waals surface area contributed by atoms with Gasteiger partial charge < -0.3 is 20.5 Å². The maximum absolute atomic E-state index is 9.69. The molecule has 1 aromatic carbocycles. The molecule has 0 aliphatic carbocycles. The predicted octanol–water partition coefficient (Wildman–Crippen LogP) is 1.67. The smallest absolute Gasteiger partial charge is 0.120 e. The van der Waals surface area contributed by atoms with Crippen LogP contribution in [-0.4, -0.2) is 20.2 Å². The Bertz CT molecular complexity index is 483. The SMILES string of the molecule is CC(NCc1cnc[nH]1)c1cc(O)ccc1O. The molecular weight excluding hydrogens is 218 g/mol. The van der Waals surface area contributed by atoms with Crippen molar-refractivity contribution < 1.29 is 10.2 Å². The zero-order valence-electron chi connectivity index (χ0n) is 9.51. The van der Waals surface area contributed by atoms with Gasteiger partial charge in [0.15, 0.2) is 0 Å². The number of phenolic OH excluding ortho intramolecular Hbond substituents is 2. The largest absolute Gasteiger partial charge is 0.508 e. The summed E-state index contributed by atoms with van der Waals surface area (Å²) in [5.74, 6) is 0.320. The third-order valence-electron chi connectivity index (χ3n) is 2.63. The average Bonchev–Trinajstić information content (AvgIpc) is 2.82. The van der Waals surface area contributed by atoms with E-state index in [9.17, 15) is 10.2 Å². The third-order valence-corrected chi connectivity index (χ3v) is 2.63. The summed E-state index contributed by atoms with van der Waals surface area (Å²) in [6.07, 6.45) is 3.36. The van der Waals surface area contributed by atoms with Gasteiger partial charge in [-0.05, 0) is 25.1 Å². The van der Waals surface area contributed by atoms with Gasteiger partial charge in [-0.25, -0.2) is 4.98 Å². The molecule has 1 atom stereocenters. The van der Waals surface area contributed by atoms with Crippen molar-refractivity contribution in [2.45, 2.75) is 19.5 Å². The molecule has 2 aromatic rings. The Morgan fingerprint density at radius 3 is 2.94 bits per heavy atom. The van der Waals surface area contributed by atoms with Crippen molar-refractivity contribution in [2.24, 2.45) is 0 Å². The van der Waals surface area contributed by atoms with Gasteiger partial charge in [-0.15, -0.1) is 0 Å². The number of imidazole rings is 1. The molecule has 0 saturated carbocycles. The quantitative estimate of drug-likeness (QED) is 0.605. The zero-order valence-corrected chi connectivity index (χ0v) is 9.51. The number of rotatable bonds is 4. The van der Waals surface area contributed by atoms with E-state index in [-0.39, 0.29) is 17.5 Å². The van der Waals surface area contributed by atoms with Gasteiger partial charge >= 0.3 is 0 Å². The van der Waals surface area contributed by atoms with E-state index in [2.05, 4.69) is 15.3 Å². The minimum Gasteiger partial charge on any atom is -0.508 e. The molecule has 2 rings (SSSR count). The summed E-state index contributed by atoms with van der Waals surface area (Å²) in [4.78, 5) is 6.90.